The van der Waals surface area contributed by atoms with Crippen LogP contribution in [0.5, 0.6) is 0 Å². The summed E-state index contributed by atoms with van der Waals surface area (Å²) < 4.78 is 99.5. The Labute approximate surface area is 819 Å². The van der Waals surface area contributed by atoms with Gasteiger partial charge in [-0.2, -0.15) is 5.10 Å². The number of H-pyrrole nitrogens is 5. The third-order valence-corrected chi connectivity index (χ3v) is 34.9. The van der Waals surface area contributed by atoms with Crippen LogP contribution in [-0.2, 0) is 65.5 Å². The van der Waals surface area contributed by atoms with Crippen molar-refractivity contribution < 1.29 is 64.3 Å². The molecule has 37 heteroatoms. The van der Waals surface area contributed by atoms with Crippen molar-refractivity contribution in [3.8, 4) is 56.3 Å². The highest BCUT2D eigenvalue weighted by Crippen LogP contribution is 2.44. The van der Waals surface area contributed by atoms with Crippen molar-refractivity contribution in [2.45, 2.75) is 153 Å². The Hall–Kier alpha value is -15.3. The SMILES string of the molecule is CC(C)S(=O)(=O)c1ccc(-c2cnc3[nH]cc(N4Cc5cc(-c6ccn[nH]6)ccc5C4=O)c3n2)cc1.CC(C)S(=O)(=O)c1ccc(-c2cnc3[nH]cc(N4Cc5cc(C6CC[C@@H](N)C6)ccc5C4=O)c3n2)cc1.CC(C)S(=O)(=O)c1ccc(-c2cnc3[nH]cc(N4Cc5cccc(N(C)C)c5C4=O)c3n2)cc1.CNc1cccc2c1C(=O)N(c1c[nH]c3ncc(-c4ccc(S(=O)(=O)C(C)C)cc4)nc13)C2.[HH].[HH].[HH].[HH].[HH].[HH].[HH].[HH]. The Balaban J connectivity index is 0.000000184. The number of aromatic amines is 5. The Kier molecular flexibility index (Phi) is 24.7. The fourth-order valence-electron chi connectivity index (χ4n) is 18.1. The van der Waals surface area contributed by atoms with Gasteiger partial charge in [-0.15, -0.1) is 0 Å². The third-order valence-electron chi connectivity index (χ3n) is 26.2. The summed E-state index contributed by atoms with van der Waals surface area (Å²) in [5.74, 6) is 0.133. The van der Waals surface area contributed by atoms with Crippen molar-refractivity contribution in [3.63, 3.8) is 0 Å². The van der Waals surface area contributed by atoms with Gasteiger partial charge in [-0.25, -0.2) is 73.5 Å². The van der Waals surface area contributed by atoms with E-state index in [1.54, 1.807) is 235 Å². The van der Waals surface area contributed by atoms with Crippen molar-refractivity contribution in [1.29, 1.82) is 0 Å². The first kappa shape index (κ1) is 93.7. The number of carbonyl (C=O) groups excluding carboxylic acids is 4. The van der Waals surface area contributed by atoms with Crippen LogP contribution in [-0.4, -0.2) is 175 Å². The molecule has 1 saturated carbocycles. The Morgan fingerprint density at radius 3 is 1.09 bits per heavy atom. The first-order chi connectivity index (χ1) is 67.0. The number of nitrogens with one attached hydrogen (secondary N) is 6. The maximum atomic E-state index is 13.4. The van der Waals surface area contributed by atoms with E-state index in [4.69, 9.17) is 25.7 Å². The minimum atomic E-state index is -3.36. The Morgan fingerprint density at radius 2 is 0.743 bits per heavy atom. The summed E-state index contributed by atoms with van der Waals surface area (Å²) in [6, 6.07) is 52.3. The Morgan fingerprint density at radius 1 is 0.400 bits per heavy atom. The van der Waals surface area contributed by atoms with Gasteiger partial charge in [-0.05, 0) is 199 Å². The van der Waals surface area contributed by atoms with Crippen molar-refractivity contribution in [1.82, 2.24) is 70.0 Å². The maximum absolute atomic E-state index is 13.4. The van der Waals surface area contributed by atoms with Crippen LogP contribution in [0.4, 0.5) is 34.1 Å². The number of hydrogen-bond donors (Lipinski definition) is 7. The molecule has 0 saturated heterocycles. The highest BCUT2D eigenvalue weighted by Gasteiger charge is 2.39. The van der Waals surface area contributed by atoms with E-state index >= 15 is 0 Å². The number of nitrogens with two attached hydrogens (primary N) is 1. The lowest BCUT2D eigenvalue weighted by atomic mass is 9.94. The minimum Gasteiger partial charge on any atom is -0.387 e. The second-order valence-corrected chi connectivity index (χ2v) is 46.4. The average Bonchev–Trinajstić information content (AvgIpc) is 1.62. The number of anilines is 6. The third kappa shape index (κ3) is 17.2. The molecule has 22 rings (SSSR count). The van der Waals surface area contributed by atoms with Crippen LogP contribution < -0.4 is 35.6 Å². The molecule has 0 bridgehead atoms. The number of carbonyl (C=O) groups is 4. The minimum absolute atomic E-state index is 0. The van der Waals surface area contributed by atoms with Gasteiger partial charge in [-0.3, -0.25) is 24.3 Å². The van der Waals surface area contributed by atoms with Crippen molar-refractivity contribution in [3.05, 3.63) is 282 Å². The second-order valence-electron chi connectivity index (χ2n) is 36.4. The smallest absolute Gasteiger partial charge is 0.261 e. The van der Waals surface area contributed by atoms with Gasteiger partial charge in [0, 0.05) is 114 Å². The Bertz CT molecular complexity index is 8340. The summed E-state index contributed by atoms with van der Waals surface area (Å²) in [6.07, 6.45) is 18.4. The number of hydrogen-bond acceptors (Lipinski definition) is 24. The molecule has 2 atom stereocenters. The van der Waals surface area contributed by atoms with E-state index in [2.05, 4.69) is 67.5 Å². The van der Waals surface area contributed by atoms with E-state index in [1.165, 1.54) is 5.56 Å². The molecule has 0 radical (unpaired) electrons. The van der Waals surface area contributed by atoms with Gasteiger partial charge in [0.15, 0.2) is 61.9 Å². The number of fused-ring (bicyclic) bond motifs is 8. The molecule has 8 aromatic carbocycles. The van der Waals surface area contributed by atoms with Crippen LogP contribution in [0.15, 0.2) is 251 Å². The predicted molar refractivity (Wildman–Crippen MR) is 557 cm³/mol. The average molecular weight is 1970 g/mol. The monoisotopic (exact) mass is 1970 g/mol. The van der Waals surface area contributed by atoms with Gasteiger partial charge in [-0.1, -0.05) is 91.0 Å². The molecule has 8 N–H and O–H groups in total. The molecule has 1 unspecified atom stereocenters. The second kappa shape index (κ2) is 36.9. The topological polar surface area (TPSA) is 454 Å². The number of aromatic nitrogens is 14. The number of benzene rings is 8. The number of rotatable bonds is 20. The zero-order valence-corrected chi connectivity index (χ0v) is 81.5. The summed E-state index contributed by atoms with van der Waals surface area (Å²) >= 11 is 0. The first-order valence-electron chi connectivity index (χ1n) is 45.7. The highest BCUT2D eigenvalue weighted by atomic mass is 32.2. The van der Waals surface area contributed by atoms with Gasteiger partial charge in [0.1, 0.15) is 22.1 Å². The molecule has 140 heavy (non-hydrogen) atoms. The van der Waals surface area contributed by atoms with Gasteiger partial charge >= 0.3 is 0 Å². The summed E-state index contributed by atoms with van der Waals surface area (Å²) in [4.78, 5) is 113. The van der Waals surface area contributed by atoms with Crippen LogP contribution in [0.25, 0.3) is 101 Å². The van der Waals surface area contributed by atoms with Crippen molar-refractivity contribution >= 4 is 142 Å². The van der Waals surface area contributed by atoms with Crippen LogP contribution >= 0.6 is 0 Å². The maximum Gasteiger partial charge on any atom is 0.261 e. The largest absolute Gasteiger partial charge is 0.387 e. The summed E-state index contributed by atoms with van der Waals surface area (Å²) in [7, 11) is -7.77. The number of amides is 4. The van der Waals surface area contributed by atoms with Gasteiger partial charge < -0.3 is 55.5 Å². The van der Waals surface area contributed by atoms with Crippen molar-refractivity contribution in [2.75, 3.05) is 51.0 Å². The van der Waals surface area contributed by atoms with Crippen LogP contribution in [0.1, 0.15) is 161 Å². The van der Waals surface area contributed by atoms with Crippen LogP contribution in [0.2, 0.25) is 0 Å². The fourth-order valence-corrected chi connectivity index (χ4v) is 22.4. The van der Waals surface area contributed by atoms with E-state index in [9.17, 15) is 52.8 Å². The number of nitrogens with zero attached hydrogens (tertiary/aromatic N) is 14. The molecule has 0 spiro atoms. The quantitative estimate of drug-likeness (QED) is 0.0372. The van der Waals surface area contributed by atoms with Gasteiger partial charge in [0.25, 0.3) is 23.6 Å². The van der Waals surface area contributed by atoms with E-state index < -0.39 is 60.3 Å². The fraction of sp³-hybridized carbons (Fsp3) is 0.233. The molecule has 33 nitrogen and oxygen atoms in total. The zero-order valence-electron chi connectivity index (χ0n) is 78.2. The normalized spacial score (nSPS) is 15.3. The zero-order chi connectivity index (χ0) is 98.4. The molecule has 4 aliphatic heterocycles. The molecule has 13 heterocycles. The van der Waals surface area contributed by atoms with Crippen LogP contribution in [0, 0.1) is 0 Å². The van der Waals surface area contributed by atoms with Crippen LogP contribution in [0.3, 0.4) is 0 Å². The summed E-state index contributed by atoms with van der Waals surface area (Å²) in [5.41, 5.74) is 30.1. The molecule has 9 aromatic heterocycles. The summed E-state index contributed by atoms with van der Waals surface area (Å²) in [5, 5.41) is 8.06. The molecule has 728 valence electrons. The van der Waals surface area contributed by atoms with E-state index in [-0.39, 0.29) is 60.7 Å². The molecule has 1 fully saturated rings. The van der Waals surface area contributed by atoms with Gasteiger partial charge in [0.05, 0.1) is 154 Å². The standard InChI is InChI=1S/C28H29N5O3S.C26H22N6O3S.C25H25N5O3S.C24H23N5O3S.8H2/c1-16(2)37(35,36)22-8-4-17(5-9-22)24-13-30-27-26(32-24)25(14-31-27)33-15-20-11-18(6-10-23(20)28(33)34)19-3-7-21(29)12-19;1-15(2)36(34,35)19-6-3-16(4-7-19)22-12-27-25-24(30-22)23(13-28-25)32-14-18-11-17(21-9-10-29-31-21)5-8-20(18)26(32)33;1-15(2)34(32,33)18-10-8-16(9-11-18)19-12-26-24-23(28-19)21(13-27-24)30-14-17-6-5-7-20(29(3)4)22(17)25(30)31;1-14(2)33(31,32)17-9-7-15(8-10-17)19-11-26-23-22(28-19)20(12-27-23)29-13-16-5-4-6-18(25-3)21(16)24(29)30;;;;;;;;/h4-6,8-11,13-14,16,19,21H,3,7,12,15,29H2,1-2H3,(H,30,31);3-13,15H,14H2,1-2H3,(H,27,28)(H,29,31);5-13,15H,14H2,1-4H3,(H,26,27);4-12,14,25H,13H2,1-3H3,(H,26,27);8*1H/t19?,21-;;;;;;;;;;;/m1.........../s1. The first-order valence-corrected chi connectivity index (χ1v) is 51.8. The number of sulfone groups is 4. The lowest BCUT2D eigenvalue weighted by Crippen LogP contribution is -2.24. The van der Waals surface area contributed by atoms with E-state index in [0.29, 0.717) is 145 Å². The molecule has 1 aliphatic carbocycles. The van der Waals surface area contributed by atoms with Gasteiger partial charge in [0.2, 0.25) is 0 Å². The molecule has 4 amide bonds. The molecule has 17 aromatic rings. The van der Waals surface area contributed by atoms with E-state index in [1.807, 2.05) is 85.7 Å². The highest BCUT2D eigenvalue weighted by molar-refractivity contribution is 7.93. The van der Waals surface area contributed by atoms with E-state index in [0.717, 1.165) is 86.4 Å². The predicted octanol–water partition coefficient (Wildman–Crippen LogP) is 18.9. The lowest BCUT2D eigenvalue weighted by molar-refractivity contribution is 0.0989. The molecule has 5 aliphatic rings. The van der Waals surface area contributed by atoms with Crippen molar-refractivity contribution in [2.24, 2.45) is 5.73 Å². The summed E-state index contributed by atoms with van der Waals surface area (Å²) in [6.45, 7) is 15.1. The molecular formula is C103H115N21O12S4. The lowest BCUT2D eigenvalue weighted by Gasteiger charge is -2.17. The molecular weight excluding hydrogens is 1850 g/mol.